The van der Waals surface area contributed by atoms with Gasteiger partial charge in [0.2, 0.25) is 5.95 Å². The van der Waals surface area contributed by atoms with Crippen molar-refractivity contribution in [2.24, 2.45) is 5.41 Å². The number of hydrogen-bond acceptors (Lipinski definition) is 6. The SMILES string of the molecule is Cc1cc(C(C)Nc2ccccc2C(=O)O)c2nc(N3CC4(CCC4)C3)n3cnnc3c2c1. The van der Waals surface area contributed by atoms with E-state index in [1.54, 1.807) is 24.5 Å². The van der Waals surface area contributed by atoms with E-state index in [0.29, 0.717) is 11.1 Å². The molecule has 0 bridgehead atoms. The van der Waals surface area contributed by atoms with E-state index >= 15 is 0 Å². The molecule has 6 rings (SSSR count). The van der Waals surface area contributed by atoms with Crippen molar-refractivity contribution in [3.63, 3.8) is 0 Å². The van der Waals surface area contributed by atoms with E-state index in [1.807, 2.05) is 17.4 Å². The van der Waals surface area contributed by atoms with Crippen LogP contribution in [0.25, 0.3) is 16.6 Å². The van der Waals surface area contributed by atoms with Gasteiger partial charge >= 0.3 is 5.97 Å². The number of carboxylic acid groups (broad SMARTS) is 1. The number of rotatable bonds is 5. The zero-order valence-corrected chi connectivity index (χ0v) is 18.7. The number of hydrogen-bond donors (Lipinski definition) is 2. The lowest BCUT2D eigenvalue weighted by Gasteiger charge is -2.56. The van der Waals surface area contributed by atoms with Crippen molar-refractivity contribution in [3.8, 4) is 0 Å². The maximum atomic E-state index is 11.7. The molecule has 2 aromatic carbocycles. The standard InChI is InChI=1S/C25H26N6O2/c1-15-10-18(16(2)27-20-7-4-3-6-17(20)23(32)33)21-19(11-15)22-29-26-14-31(22)24(28-21)30-12-25(13-30)8-5-9-25/h3-4,6-7,10-11,14,16,27H,5,8-9,12-13H2,1-2H3,(H,32,33). The largest absolute Gasteiger partial charge is 0.478 e. The molecule has 33 heavy (non-hydrogen) atoms. The first-order chi connectivity index (χ1) is 15.9. The van der Waals surface area contributed by atoms with Gasteiger partial charge in [0.1, 0.15) is 6.33 Å². The second-order valence-electron chi connectivity index (χ2n) is 9.61. The monoisotopic (exact) mass is 442 g/mol. The third kappa shape index (κ3) is 3.12. The summed E-state index contributed by atoms with van der Waals surface area (Å²) in [6.45, 7) is 6.14. The first-order valence-electron chi connectivity index (χ1n) is 11.4. The van der Waals surface area contributed by atoms with E-state index in [9.17, 15) is 9.90 Å². The molecule has 3 heterocycles. The van der Waals surface area contributed by atoms with Crippen LogP contribution >= 0.6 is 0 Å². The average Bonchev–Trinajstić information content (AvgIpc) is 3.22. The molecule has 1 aliphatic carbocycles. The number of fused-ring (bicyclic) bond motifs is 3. The summed E-state index contributed by atoms with van der Waals surface area (Å²) in [5, 5.41) is 22.6. The number of aromatic carboxylic acids is 1. The number of nitrogens with zero attached hydrogens (tertiary/aromatic N) is 5. The molecule has 8 nitrogen and oxygen atoms in total. The predicted molar refractivity (Wildman–Crippen MR) is 127 cm³/mol. The van der Waals surface area contributed by atoms with Crippen LogP contribution < -0.4 is 10.2 Å². The topological polar surface area (TPSA) is 95.6 Å². The van der Waals surface area contributed by atoms with Crippen LogP contribution in [0.3, 0.4) is 0 Å². The Labute approximate surface area is 191 Å². The third-order valence-corrected chi connectivity index (χ3v) is 7.25. The van der Waals surface area contributed by atoms with Gasteiger partial charge in [0.25, 0.3) is 0 Å². The number of benzene rings is 2. The Morgan fingerprint density at radius 3 is 2.73 bits per heavy atom. The lowest BCUT2D eigenvalue weighted by atomic mass is 9.64. The third-order valence-electron chi connectivity index (χ3n) is 7.25. The van der Waals surface area contributed by atoms with Crippen molar-refractivity contribution < 1.29 is 9.90 Å². The van der Waals surface area contributed by atoms with Gasteiger partial charge in [-0.2, -0.15) is 0 Å². The highest BCUT2D eigenvalue weighted by molar-refractivity contribution is 5.96. The van der Waals surface area contributed by atoms with Gasteiger partial charge in [0.05, 0.1) is 17.1 Å². The maximum Gasteiger partial charge on any atom is 0.337 e. The van der Waals surface area contributed by atoms with Crippen molar-refractivity contribution in [1.82, 2.24) is 19.6 Å². The summed E-state index contributed by atoms with van der Waals surface area (Å²) in [7, 11) is 0. The number of carbonyl (C=O) groups is 1. The van der Waals surface area contributed by atoms with E-state index in [1.165, 1.54) is 19.3 Å². The maximum absolute atomic E-state index is 11.7. The number of aromatic nitrogens is 4. The Morgan fingerprint density at radius 1 is 1.21 bits per heavy atom. The molecule has 1 spiro atoms. The quantitative estimate of drug-likeness (QED) is 0.471. The normalized spacial score (nSPS) is 17.7. The Morgan fingerprint density at radius 2 is 2.00 bits per heavy atom. The minimum Gasteiger partial charge on any atom is -0.478 e. The minimum atomic E-state index is -0.951. The van der Waals surface area contributed by atoms with E-state index in [4.69, 9.17) is 4.98 Å². The number of para-hydroxylation sites is 1. The summed E-state index contributed by atoms with van der Waals surface area (Å²) < 4.78 is 1.99. The highest BCUT2D eigenvalue weighted by Crippen LogP contribution is 2.49. The molecule has 2 fully saturated rings. The highest BCUT2D eigenvalue weighted by Gasteiger charge is 2.48. The fourth-order valence-corrected chi connectivity index (χ4v) is 5.38. The van der Waals surface area contributed by atoms with Gasteiger partial charge in [0.15, 0.2) is 5.65 Å². The van der Waals surface area contributed by atoms with E-state index in [2.05, 4.69) is 39.5 Å². The molecular weight excluding hydrogens is 416 g/mol. The molecular formula is C25H26N6O2. The van der Waals surface area contributed by atoms with Crippen LogP contribution in [0.15, 0.2) is 42.7 Å². The van der Waals surface area contributed by atoms with E-state index in [-0.39, 0.29) is 11.6 Å². The Hall–Kier alpha value is -3.68. The van der Waals surface area contributed by atoms with Crippen LogP contribution in [-0.4, -0.2) is 43.7 Å². The van der Waals surface area contributed by atoms with Gasteiger partial charge in [0, 0.05) is 35.1 Å². The molecule has 4 aromatic rings. The average molecular weight is 443 g/mol. The summed E-state index contributed by atoms with van der Waals surface area (Å²) >= 11 is 0. The zero-order chi connectivity index (χ0) is 22.7. The number of aryl methyl sites for hydroxylation is 1. The van der Waals surface area contributed by atoms with Gasteiger partial charge in [-0.3, -0.25) is 4.40 Å². The zero-order valence-electron chi connectivity index (χ0n) is 18.7. The summed E-state index contributed by atoms with van der Waals surface area (Å²) in [5.41, 5.74) is 5.09. The fraction of sp³-hybridized carbons (Fsp3) is 0.360. The van der Waals surface area contributed by atoms with Crippen molar-refractivity contribution in [2.75, 3.05) is 23.3 Å². The number of carboxylic acids is 1. The second-order valence-corrected chi connectivity index (χ2v) is 9.61. The Bertz CT molecular complexity index is 1400. The number of anilines is 2. The van der Waals surface area contributed by atoms with Gasteiger partial charge in [-0.15, -0.1) is 10.2 Å². The summed E-state index contributed by atoms with van der Waals surface area (Å²) in [6, 6.07) is 11.0. The summed E-state index contributed by atoms with van der Waals surface area (Å²) in [4.78, 5) is 19.2. The molecule has 1 unspecified atom stereocenters. The van der Waals surface area contributed by atoms with Crippen LogP contribution in [0.4, 0.5) is 11.6 Å². The molecule has 8 heteroatoms. The molecule has 168 valence electrons. The van der Waals surface area contributed by atoms with Crippen LogP contribution in [0.5, 0.6) is 0 Å². The second kappa shape index (κ2) is 7.16. The molecule has 2 N–H and O–H groups in total. The lowest BCUT2D eigenvalue weighted by molar-refractivity contribution is 0.0698. The van der Waals surface area contributed by atoms with Crippen LogP contribution in [-0.2, 0) is 0 Å². The molecule has 1 aliphatic heterocycles. The van der Waals surface area contributed by atoms with Gasteiger partial charge in [-0.1, -0.05) is 24.6 Å². The van der Waals surface area contributed by atoms with E-state index < -0.39 is 5.97 Å². The van der Waals surface area contributed by atoms with Crippen molar-refractivity contribution in [3.05, 3.63) is 59.4 Å². The lowest BCUT2D eigenvalue weighted by Crippen LogP contribution is -2.60. The summed E-state index contributed by atoms with van der Waals surface area (Å²) in [5.74, 6) is -0.0732. The van der Waals surface area contributed by atoms with Crippen LogP contribution in [0, 0.1) is 12.3 Å². The summed E-state index contributed by atoms with van der Waals surface area (Å²) in [6.07, 6.45) is 5.68. The first kappa shape index (κ1) is 20.0. The van der Waals surface area contributed by atoms with Crippen LogP contribution in [0.2, 0.25) is 0 Å². The van der Waals surface area contributed by atoms with Gasteiger partial charge < -0.3 is 15.3 Å². The molecule has 0 amide bonds. The predicted octanol–water partition coefficient (Wildman–Crippen LogP) is 4.45. The van der Waals surface area contributed by atoms with Crippen molar-refractivity contribution >= 4 is 34.2 Å². The Kier molecular flexibility index (Phi) is 4.33. The molecule has 2 aromatic heterocycles. The van der Waals surface area contributed by atoms with Gasteiger partial charge in [-0.25, -0.2) is 9.78 Å². The fourth-order valence-electron chi connectivity index (χ4n) is 5.38. The minimum absolute atomic E-state index is 0.159. The molecule has 2 aliphatic rings. The number of nitrogens with one attached hydrogen (secondary N) is 1. The highest BCUT2D eigenvalue weighted by atomic mass is 16.4. The molecule has 1 saturated carbocycles. The van der Waals surface area contributed by atoms with Crippen molar-refractivity contribution in [2.45, 2.75) is 39.2 Å². The van der Waals surface area contributed by atoms with Gasteiger partial charge in [-0.05, 0) is 50.5 Å². The Balaban J connectivity index is 1.45. The van der Waals surface area contributed by atoms with Crippen LogP contribution in [0.1, 0.15) is 53.7 Å². The first-order valence-corrected chi connectivity index (χ1v) is 11.4. The van der Waals surface area contributed by atoms with Crippen molar-refractivity contribution in [1.29, 1.82) is 0 Å². The van der Waals surface area contributed by atoms with E-state index in [0.717, 1.165) is 46.7 Å². The molecule has 1 atom stereocenters. The molecule has 0 radical (unpaired) electrons. The smallest absolute Gasteiger partial charge is 0.337 e. The molecule has 1 saturated heterocycles.